The largest absolute Gasteiger partial charge is 0.493 e. The third-order valence-electron chi connectivity index (χ3n) is 4.46. The van der Waals surface area contributed by atoms with Crippen LogP contribution in [0.4, 0.5) is 0 Å². The summed E-state index contributed by atoms with van der Waals surface area (Å²) in [6.45, 7) is 4.46. The summed E-state index contributed by atoms with van der Waals surface area (Å²) in [5.41, 5.74) is 2.69. The van der Waals surface area contributed by atoms with E-state index in [4.69, 9.17) is 9.47 Å². The van der Waals surface area contributed by atoms with Gasteiger partial charge in [0.1, 0.15) is 11.5 Å². The lowest BCUT2D eigenvalue weighted by Gasteiger charge is -2.09. The van der Waals surface area contributed by atoms with Crippen molar-refractivity contribution in [1.29, 1.82) is 0 Å². The van der Waals surface area contributed by atoms with Crippen molar-refractivity contribution < 1.29 is 19.1 Å². The first-order valence-corrected chi connectivity index (χ1v) is 9.90. The second-order valence-corrected chi connectivity index (χ2v) is 6.82. The fraction of sp³-hybridized carbons (Fsp3) is 0.154. The van der Waals surface area contributed by atoms with Crippen LogP contribution in [0.3, 0.4) is 0 Å². The number of hydrogen-bond donors (Lipinski definition) is 0. The Hall–Kier alpha value is -3.66. The first kappa shape index (κ1) is 21.1. The lowest BCUT2D eigenvalue weighted by Crippen LogP contribution is -2.07. The molecule has 0 radical (unpaired) electrons. The number of carbonyl (C=O) groups excluding carboxylic acids is 2. The van der Waals surface area contributed by atoms with Crippen molar-refractivity contribution in [3.63, 3.8) is 0 Å². The van der Waals surface area contributed by atoms with Crippen LogP contribution in [-0.2, 0) is 4.79 Å². The van der Waals surface area contributed by atoms with Gasteiger partial charge in [0.25, 0.3) is 0 Å². The maximum Gasteiger partial charge on any atom is 0.336 e. The molecule has 152 valence electrons. The minimum Gasteiger partial charge on any atom is -0.493 e. The lowest BCUT2D eigenvalue weighted by molar-refractivity contribution is -0.128. The van der Waals surface area contributed by atoms with E-state index >= 15 is 0 Å². The van der Waals surface area contributed by atoms with Gasteiger partial charge in [-0.25, -0.2) is 4.79 Å². The van der Waals surface area contributed by atoms with Gasteiger partial charge < -0.3 is 9.47 Å². The van der Waals surface area contributed by atoms with E-state index in [2.05, 4.69) is 0 Å². The first-order valence-electron chi connectivity index (χ1n) is 9.90. The Morgan fingerprint density at radius 1 is 0.867 bits per heavy atom. The van der Waals surface area contributed by atoms with E-state index in [9.17, 15) is 9.59 Å². The van der Waals surface area contributed by atoms with E-state index in [1.807, 2.05) is 56.3 Å². The SMILES string of the molecule is CCCOc1ccccc1/C=C/C(=O)Oc1ccc(C(=O)c2ccccc2)cc1C. The standard InChI is InChI=1S/C26H24O4/c1-3-17-29-24-12-8-7-9-20(24)14-16-25(27)30-23-15-13-22(18-19(23)2)26(28)21-10-5-4-6-11-21/h4-16,18H,3,17H2,1-2H3/b16-14+. The van der Waals surface area contributed by atoms with Crippen molar-refractivity contribution in [1.82, 2.24) is 0 Å². The molecule has 0 N–H and O–H groups in total. The van der Waals surface area contributed by atoms with Gasteiger partial charge in [0.2, 0.25) is 0 Å². The molecule has 0 aliphatic heterocycles. The smallest absolute Gasteiger partial charge is 0.336 e. The number of rotatable bonds is 8. The maximum absolute atomic E-state index is 12.6. The molecule has 0 atom stereocenters. The van der Waals surface area contributed by atoms with Crippen molar-refractivity contribution in [2.45, 2.75) is 20.3 Å². The minimum atomic E-state index is -0.495. The Bertz CT molecular complexity index is 1050. The summed E-state index contributed by atoms with van der Waals surface area (Å²) in [4.78, 5) is 24.9. The van der Waals surface area contributed by atoms with Crippen LogP contribution in [-0.4, -0.2) is 18.4 Å². The van der Waals surface area contributed by atoms with Crippen LogP contribution in [0.25, 0.3) is 6.08 Å². The molecule has 0 fully saturated rings. The molecule has 0 aliphatic rings. The molecule has 0 unspecified atom stereocenters. The Kier molecular flexibility index (Phi) is 7.17. The minimum absolute atomic E-state index is 0.0693. The average molecular weight is 400 g/mol. The first-order chi connectivity index (χ1) is 14.6. The second kappa shape index (κ2) is 10.2. The summed E-state index contributed by atoms with van der Waals surface area (Å²) in [5, 5.41) is 0. The fourth-order valence-electron chi connectivity index (χ4n) is 2.92. The molecule has 3 aromatic rings. The van der Waals surface area contributed by atoms with Crippen LogP contribution < -0.4 is 9.47 Å². The van der Waals surface area contributed by atoms with Crippen molar-refractivity contribution >= 4 is 17.8 Å². The van der Waals surface area contributed by atoms with Crippen molar-refractivity contribution in [3.05, 3.63) is 101 Å². The van der Waals surface area contributed by atoms with Gasteiger partial charge in [-0.3, -0.25) is 4.79 Å². The van der Waals surface area contributed by atoms with Gasteiger partial charge in [-0.05, 0) is 49.2 Å². The number of carbonyl (C=O) groups is 2. The summed E-state index contributed by atoms with van der Waals surface area (Å²) in [6, 6.07) is 21.6. The zero-order chi connectivity index (χ0) is 21.3. The third-order valence-corrected chi connectivity index (χ3v) is 4.46. The highest BCUT2D eigenvalue weighted by Crippen LogP contribution is 2.22. The molecule has 4 heteroatoms. The molecular weight excluding hydrogens is 376 g/mol. The summed E-state index contributed by atoms with van der Waals surface area (Å²) in [5.74, 6) is 0.582. The Morgan fingerprint density at radius 2 is 1.60 bits per heavy atom. The number of para-hydroxylation sites is 1. The molecule has 0 heterocycles. The average Bonchev–Trinajstić information content (AvgIpc) is 2.78. The highest BCUT2D eigenvalue weighted by Gasteiger charge is 2.12. The number of aryl methyl sites for hydroxylation is 1. The number of esters is 1. The van der Waals surface area contributed by atoms with E-state index in [0.29, 0.717) is 29.0 Å². The number of ketones is 1. The normalized spacial score (nSPS) is 10.7. The maximum atomic E-state index is 12.6. The Labute approximate surface area is 176 Å². The summed E-state index contributed by atoms with van der Waals surface area (Å²) in [7, 11) is 0. The van der Waals surface area contributed by atoms with Crippen LogP contribution in [0, 0.1) is 6.92 Å². The van der Waals surface area contributed by atoms with E-state index in [0.717, 1.165) is 17.7 Å². The summed E-state index contributed by atoms with van der Waals surface area (Å²) < 4.78 is 11.1. The topological polar surface area (TPSA) is 52.6 Å². The Morgan fingerprint density at radius 3 is 2.33 bits per heavy atom. The van der Waals surface area contributed by atoms with Crippen LogP contribution in [0.2, 0.25) is 0 Å². The van der Waals surface area contributed by atoms with Crippen molar-refractivity contribution in [2.75, 3.05) is 6.61 Å². The van der Waals surface area contributed by atoms with Gasteiger partial charge in [-0.2, -0.15) is 0 Å². The molecule has 0 amide bonds. The van der Waals surface area contributed by atoms with Gasteiger partial charge in [0.15, 0.2) is 5.78 Å². The molecule has 3 aromatic carbocycles. The summed E-state index contributed by atoms with van der Waals surface area (Å²) >= 11 is 0. The highest BCUT2D eigenvalue weighted by molar-refractivity contribution is 6.09. The lowest BCUT2D eigenvalue weighted by atomic mass is 10.0. The van der Waals surface area contributed by atoms with Crippen LogP contribution in [0.15, 0.2) is 78.9 Å². The van der Waals surface area contributed by atoms with Crippen molar-refractivity contribution in [2.24, 2.45) is 0 Å². The molecule has 0 aliphatic carbocycles. The van der Waals surface area contributed by atoms with Crippen LogP contribution in [0.5, 0.6) is 11.5 Å². The predicted molar refractivity (Wildman–Crippen MR) is 118 cm³/mol. The molecule has 0 saturated heterocycles. The highest BCUT2D eigenvalue weighted by atomic mass is 16.5. The predicted octanol–water partition coefficient (Wildman–Crippen LogP) is 5.63. The second-order valence-electron chi connectivity index (χ2n) is 6.82. The molecule has 30 heavy (non-hydrogen) atoms. The zero-order valence-electron chi connectivity index (χ0n) is 17.1. The fourth-order valence-corrected chi connectivity index (χ4v) is 2.92. The van der Waals surface area contributed by atoms with Gasteiger partial charge >= 0.3 is 5.97 Å². The van der Waals surface area contributed by atoms with Crippen LogP contribution >= 0.6 is 0 Å². The molecule has 4 nitrogen and oxygen atoms in total. The number of benzene rings is 3. The van der Waals surface area contributed by atoms with Gasteiger partial charge in [0.05, 0.1) is 6.61 Å². The van der Waals surface area contributed by atoms with Crippen molar-refractivity contribution in [3.8, 4) is 11.5 Å². The molecule has 0 spiro atoms. The van der Waals surface area contributed by atoms with Crippen LogP contribution in [0.1, 0.15) is 40.4 Å². The Balaban J connectivity index is 1.69. The molecule has 0 saturated carbocycles. The van der Waals surface area contributed by atoms with E-state index in [-0.39, 0.29) is 5.78 Å². The summed E-state index contributed by atoms with van der Waals surface area (Å²) in [6.07, 6.45) is 3.95. The monoisotopic (exact) mass is 400 g/mol. The number of hydrogen-bond acceptors (Lipinski definition) is 4. The van der Waals surface area contributed by atoms with E-state index in [1.54, 1.807) is 36.4 Å². The third kappa shape index (κ3) is 5.45. The zero-order valence-corrected chi connectivity index (χ0v) is 17.1. The quantitative estimate of drug-likeness (QED) is 0.213. The molecule has 3 rings (SSSR count). The number of ether oxygens (including phenoxy) is 2. The van der Waals surface area contributed by atoms with E-state index < -0.39 is 5.97 Å². The van der Waals surface area contributed by atoms with E-state index in [1.165, 1.54) is 6.08 Å². The van der Waals surface area contributed by atoms with Gasteiger partial charge in [0, 0.05) is 22.8 Å². The van der Waals surface area contributed by atoms with Gasteiger partial charge in [-0.1, -0.05) is 55.5 Å². The van der Waals surface area contributed by atoms with Gasteiger partial charge in [-0.15, -0.1) is 0 Å². The molecule has 0 aromatic heterocycles. The molecule has 0 bridgehead atoms. The molecular formula is C26H24O4.